The minimum absolute atomic E-state index is 0.00715. The first-order valence-corrected chi connectivity index (χ1v) is 5.98. The van der Waals surface area contributed by atoms with E-state index in [1.54, 1.807) is 24.3 Å². The Bertz CT molecular complexity index is 598. The van der Waals surface area contributed by atoms with E-state index >= 15 is 0 Å². The lowest BCUT2D eigenvalue weighted by molar-refractivity contribution is -0.116. The fraction of sp³-hybridized carbons (Fsp3) is 0.231. The highest BCUT2D eigenvalue weighted by Crippen LogP contribution is 2.18. The van der Waals surface area contributed by atoms with E-state index in [0.29, 0.717) is 24.2 Å². The Hall–Kier alpha value is -2.34. The molecule has 0 aliphatic heterocycles. The van der Waals surface area contributed by atoms with Crippen molar-refractivity contribution in [2.75, 3.05) is 11.9 Å². The molecule has 0 atom stereocenters. The molecule has 0 radical (unpaired) electrons. The van der Waals surface area contributed by atoms with Gasteiger partial charge in [0.25, 0.3) is 5.56 Å². The molecule has 0 bridgehead atoms. The third kappa shape index (κ3) is 3.56. The lowest BCUT2D eigenvalue weighted by Crippen LogP contribution is -2.11. The monoisotopic (exact) mass is 261 g/mol. The van der Waals surface area contributed by atoms with Crippen molar-refractivity contribution in [3.05, 3.63) is 40.7 Å². The fourth-order valence-electron chi connectivity index (χ4n) is 1.68. The molecule has 0 unspecified atom stereocenters. The first-order valence-electron chi connectivity index (χ1n) is 5.98. The lowest BCUT2D eigenvalue weighted by Gasteiger charge is -2.05. The molecule has 6 nitrogen and oxygen atoms in total. The average Bonchev–Trinajstić information content (AvgIpc) is 2.84. The summed E-state index contributed by atoms with van der Waals surface area (Å²) in [5.74, 6) is -0.128. The number of hydrogen-bond acceptors (Lipinski definition) is 3. The van der Waals surface area contributed by atoms with E-state index in [9.17, 15) is 9.59 Å². The van der Waals surface area contributed by atoms with Crippen LogP contribution in [0.4, 0.5) is 5.69 Å². The van der Waals surface area contributed by atoms with Crippen molar-refractivity contribution < 1.29 is 9.90 Å². The molecule has 0 fully saturated rings. The van der Waals surface area contributed by atoms with Crippen LogP contribution in [0.2, 0.25) is 0 Å². The molecular formula is C13H15N3O3. The number of carbonyl (C=O) groups is 1. The minimum Gasteiger partial charge on any atom is -0.396 e. The summed E-state index contributed by atoms with van der Waals surface area (Å²) >= 11 is 0. The van der Waals surface area contributed by atoms with Crippen molar-refractivity contribution in [2.24, 2.45) is 0 Å². The van der Waals surface area contributed by atoms with E-state index < -0.39 is 0 Å². The molecule has 1 aromatic heterocycles. The molecule has 2 aromatic rings. The maximum Gasteiger partial charge on any atom is 0.264 e. The Morgan fingerprint density at radius 3 is 2.53 bits per heavy atom. The van der Waals surface area contributed by atoms with Gasteiger partial charge in [-0.1, -0.05) is 12.1 Å². The second-order valence-electron chi connectivity index (χ2n) is 4.12. The van der Waals surface area contributed by atoms with Crippen LogP contribution >= 0.6 is 0 Å². The van der Waals surface area contributed by atoms with Gasteiger partial charge in [0.1, 0.15) is 0 Å². The molecular weight excluding hydrogens is 246 g/mol. The molecule has 2 rings (SSSR count). The Morgan fingerprint density at radius 1 is 1.21 bits per heavy atom. The number of aromatic nitrogens is 2. The second kappa shape index (κ2) is 6.01. The molecule has 6 heteroatoms. The first-order chi connectivity index (χ1) is 9.19. The molecule has 4 N–H and O–H groups in total. The highest BCUT2D eigenvalue weighted by atomic mass is 16.3. The molecule has 0 saturated carbocycles. The van der Waals surface area contributed by atoms with Crippen molar-refractivity contribution in [3.8, 4) is 11.3 Å². The van der Waals surface area contributed by atoms with Gasteiger partial charge in [-0.15, -0.1) is 0 Å². The number of aromatic amines is 2. The highest BCUT2D eigenvalue weighted by Gasteiger charge is 2.03. The summed E-state index contributed by atoms with van der Waals surface area (Å²) in [6, 6.07) is 8.60. The van der Waals surface area contributed by atoms with Crippen LogP contribution in [-0.2, 0) is 4.79 Å². The lowest BCUT2D eigenvalue weighted by atomic mass is 10.1. The number of rotatable bonds is 5. The van der Waals surface area contributed by atoms with Crippen LogP contribution in [0.25, 0.3) is 11.3 Å². The topological polar surface area (TPSA) is 98.0 Å². The van der Waals surface area contributed by atoms with E-state index in [1.165, 1.54) is 6.07 Å². The summed E-state index contributed by atoms with van der Waals surface area (Å²) in [4.78, 5) is 22.5. The summed E-state index contributed by atoms with van der Waals surface area (Å²) in [6.45, 7) is 0.00715. The number of benzene rings is 1. The van der Waals surface area contributed by atoms with Crippen LogP contribution in [0.1, 0.15) is 12.8 Å². The zero-order chi connectivity index (χ0) is 13.7. The molecule has 19 heavy (non-hydrogen) atoms. The van der Waals surface area contributed by atoms with Crippen molar-refractivity contribution in [1.29, 1.82) is 0 Å². The molecule has 1 aromatic carbocycles. The minimum atomic E-state index is -0.184. The van der Waals surface area contributed by atoms with Gasteiger partial charge in [0.05, 0.1) is 5.69 Å². The Kier molecular flexibility index (Phi) is 4.15. The molecule has 0 spiro atoms. The number of H-pyrrole nitrogens is 2. The van der Waals surface area contributed by atoms with E-state index in [-0.39, 0.29) is 18.1 Å². The van der Waals surface area contributed by atoms with Crippen molar-refractivity contribution >= 4 is 11.6 Å². The molecule has 0 aliphatic rings. The summed E-state index contributed by atoms with van der Waals surface area (Å²) in [6.07, 6.45) is 0.748. The quantitative estimate of drug-likeness (QED) is 0.648. The van der Waals surface area contributed by atoms with Crippen LogP contribution < -0.4 is 10.9 Å². The van der Waals surface area contributed by atoms with Gasteiger partial charge in [0.2, 0.25) is 5.91 Å². The number of amides is 1. The van der Waals surface area contributed by atoms with Crippen LogP contribution in [0.3, 0.4) is 0 Å². The third-order valence-electron chi connectivity index (χ3n) is 2.64. The molecule has 1 amide bonds. The van der Waals surface area contributed by atoms with E-state index in [2.05, 4.69) is 15.5 Å². The zero-order valence-corrected chi connectivity index (χ0v) is 10.3. The standard InChI is InChI=1S/C13H15N3O3/c17-7-1-2-12(18)14-10-5-3-9(4-6-10)11-8-13(19)16-15-11/h3-6,8,17H,1-2,7H2,(H,14,18)(H2,15,16,19). The normalized spacial score (nSPS) is 10.4. The molecule has 1 heterocycles. The third-order valence-corrected chi connectivity index (χ3v) is 2.64. The van der Waals surface area contributed by atoms with Gasteiger partial charge >= 0.3 is 0 Å². The van der Waals surface area contributed by atoms with E-state index in [1.807, 2.05) is 0 Å². The van der Waals surface area contributed by atoms with Gasteiger partial charge in [-0.3, -0.25) is 19.8 Å². The molecule has 0 aliphatic carbocycles. The van der Waals surface area contributed by atoms with Crippen molar-refractivity contribution in [3.63, 3.8) is 0 Å². The maximum absolute atomic E-state index is 11.5. The molecule has 100 valence electrons. The Morgan fingerprint density at radius 2 is 1.95 bits per heavy atom. The summed E-state index contributed by atoms with van der Waals surface area (Å²) < 4.78 is 0. The number of hydrogen-bond donors (Lipinski definition) is 4. The largest absolute Gasteiger partial charge is 0.396 e. The SMILES string of the molecule is O=C(CCCO)Nc1ccc(-c2cc(=O)[nH][nH]2)cc1. The van der Waals surface area contributed by atoms with Gasteiger partial charge in [-0.05, 0) is 24.1 Å². The number of aliphatic hydroxyl groups is 1. The summed E-state index contributed by atoms with van der Waals surface area (Å²) in [5, 5.41) is 16.6. The summed E-state index contributed by atoms with van der Waals surface area (Å²) in [5.41, 5.74) is 2.05. The average molecular weight is 261 g/mol. The van der Waals surface area contributed by atoms with Crippen LogP contribution in [0, 0.1) is 0 Å². The van der Waals surface area contributed by atoms with Gasteiger partial charge in [0, 0.05) is 24.8 Å². The van der Waals surface area contributed by atoms with Gasteiger partial charge in [-0.2, -0.15) is 0 Å². The zero-order valence-electron chi connectivity index (χ0n) is 10.3. The fourth-order valence-corrected chi connectivity index (χ4v) is 1.68. The Labute approximate surface area is 109 Å². The first kappa shape index (κ1) is 13.1. The van der Waals surface area contributed by atoms with Gasteiger partial charge < -0.3 is 10.4 Å². The number of nitrogens with one attached hydrogen (secondary N) is 3. The number of aliphatic hydroxyl groups excluding tert-OH is 1. The maximum atomic E-state index is 11.5. The predicted octanol–water partition coefficient (Wildman–Crippen LogP) is 1.08. The van der Waals surface area contributed by atoms with Gasteiger partial charge in [0.15, 0.2) is 0 Å². The number of anilines is 1. The van der Waals surface area contributed by atoms with Crippen LogP contribution in [-0.4, -0.2) is 27.8 Å². The Balaban J connectivity index is 2.02. The smallest absolute Gasteiger partial charge is 0.264 e. The van der Waals surface area contributed by atoms with E-state index in [0.717, 1.165) is 5.56 Å². The van der Waals surface area contributed by atoms with Gasteiger partial charge in [-0.25, -0.2) is 0 Å². The van der Waals surface area contributed by atoms with E-state index in [4.69, 9.17) is 5.11 Å². The van der Waals surface area contributed by atoms with Crippen LogP contribution in [0.15, 0.2) is 35.1 Å². The van der Waals surface area contributed by atoms with Crippen molar-refractivity contribution in [2.45, 2.75) is 12.8 Å². The highest BCUT2D eigenvalue weighted by molar-refractivity contribution is 5.90. The second-order valence-corrected chi connectivity index (χ2v) is 4.12. The number of carbonyl (C=O) groups excluding carboxylic acids is 1. The summed E-state index contributed by atoms with van der Waals surface area (Å²) in [7, 11) is 0. The van der Waals surface area contributed by atoms with Crippen LogP contribution in [0.5, 0.6) is 0 Å². The predicted molar refractivity (Wildman–Crippen MR) is 71.8 cm³/mol. The van der Waals surface area contributed by atoms with Crippen molar-refractivity contribution in [1.82, 2.24) is 10.2 Å². The molecule has 0 saturated heterocycles.